The summed E-state index contributed by atoms with van der Waals surface area (Å²) in [4.78, 5) is 25.0. The molecule has 0 radical (unpaired) electrons. The molecule has 0 aliphatic carbocycles. The Morgan fingerprint density at radius 3 is 2.18 bits per heavy atom. The Balaban J connectivity index is 2.13. The van der Waals surface area contributed by atoms with Gasteiger partial charge < -0.3 is 35.9 Å². The molecule has 2 aromatic carbocycles. The molecule has 0 heterocycles. The van der Waals surface area contributed by atoms with Crippen LogP contribution in [0.15, 0.2) is 30.3 Å². The van der Waals surface area contributed by atoms with Crippen LogP contribution >= 0.6 is 0 Å². The molecule has 2 rings (SSSR count). The van der Waals surface area contributed by atoms with Crippen LogP contribution in [0.1, 0.15) is 50.0 Å². The number of benzene rings is 2. The van der Waals surface area contributed by atoms with Crippen LogP contribution in [0.25, 0.3) is 0 Å². The number of amides is 3. The molecule has 33 heavy (non-hydrogen) atoms. The van der Waals surface area contributed by atoms with Crippen molar-refractivity contribution in [1.82, 2.24) is 10.6 Å². The van der Waals surface area contributed by atoms with Crippen molar-refractivity contribution in [2.75, 3.05) is 37.4 Å². The summed E-state index contributed by atoms with van der Waals surface area (Å²) < 4.78 is 16.8. The van der Waals surface area contributed by atoms with Gasteiger partial charge in [-0.2, -0.15) is 0 Å². The first-order valence-electron chi connectivity index (χ1n) is 11.2. The van der Waals surface area contributed by atoms with Crippen molar-refractivity contribution in [2.45, 2.75) is 40.7 Å². The standard InChI is InChI=1S/C24H34N4O5/c1-5-11-26-23(29)18-13-17(9-10-20(18)31-6-2)28-24(30)27-15-16-12-22(33-8-4)19(25)14-21(16)32-7-3/h9-10,12-14H,5-8,11,15,25H2,1-4H3,(H,26,29)(H2,27,28,30). The topological polar surface area (TPSA) is 124 Å². The first-order chi connectivity index (χ1) is 15.9. The highest BCUT2D eigenvalue weighted by Gasteiger charge is 2.15. The maximum Gasteiger partial charge on any atom is 0.319 e. The fourth-order valence-electron chi connectivity index (χ4n) is 3.08. The first-order valence-corrected chi connectivity index (χ1v) is 11.2. The average Bonchev–Trinajstić information content (AvgIpc) is 2.79. The molecule has 0 spiro atoms. The van der Waals surface area contributed by atoms with Crippen molar-refractivity contribution in [1.29, 1.82) is 0 Å². The van der Waals surface area contributed by atoms with Gasteiger partial charge in [-0.1, -0.05) is 6.92 Å². The number of nitrogens with one attached hydrogen (secondary N) is 3. The van der Waals surface area contributed by atoms with Gasteiger partial charge >= 0.3 is 6.03 Å². The van der Waals surface area contributed by atoms with E-state index in [0.717, 1.165) is 12.0 Å². The Morgan fingerprint density at radius 2 is 1.52 bits per heavy atom. The van der Waals surface area contributed by atoms with E-state index in [0.29, 0.717) is 60.6 Å². The summed E-state index contributed by atoms with van der Waals surface area (Å²) in [5.41, 5.74) is 8.05. The van der Waals surface area contributed by atoms with Crippen molar-refractivity contribution < 1.29 is 23.8 Å². The first kappa shape index (κ1) is 25.6. The Bertz CT molecular complexity index is 949. The molecule has 0 aromatic heterocycles. The Labute approximate surface area is 195 Å². The molecule has 0 aliphatic heterocycles. The zero-order valence-corrected chi connectivity index (χ0v) is 19.7. The summed E-state index contributed by atoms with van der Waals surface area (Å²) in [5, 5.41) is 8.38. The molecule has 0 unspecified atom stereocenters. The largest absolute Gasteiger partial charge is 0.493 e. The van der Waals surface area contributed by atoms with Crippen molar-refractivity contribution >= 4 is 23.3 Å². The van der Waals surface area contributed by atoms with Gasteiger partial charge in [0.25, 0.3) is 5.91 Å². The summed E-state index contributed by atoms with van der Waals surface area (Å²) in [6.07, 6.45) is 0.815. The number of ether oxygens (including phenoxy) is 3. The highest BCUT2D eigenvalue weighted by Crippen LogP contribution is 2.31. The predicted octanol–water partition coefficient (Wildman–Crippen LogP) is 3.93. The monoisotopic (exact) mass is 458 g/mol. The van der Waals surface area contributed by atoms with Crippen LogP contribution in [0, 0.1) is 0 Å². The lowest BCUT2D eigenvalue weighted by Crippen LogP contribution is -2.29. The van der Waals surface area contributed by atoms with Crippen LogP contribution < -0.4 is 35.9 Å². The van der Waals surface area contributed by atoms with Gasteiger partial charge in [0.05, 0.1) is 31.1 Å². The smallest absolute Gasteiger partial charge is 0.319 e. The van der Waals surface area contributed by atoms with Crippen LogP contribution in [-0.4, -0.2) is 38.3 Å². The molecule has 2 aromatic rings. The van der Waals surface area contributed by atoms with E-state index in [4.69, 9.17) is 19.9 Å². The number of urea groups is 1. The number of carbonyl (C=O) groups excluding carboxylic acids is 2. The number of carbonyl (C=O) groups is 2. The Morgan fingerprint density at radius 1 is 0.848 bits per heavy atom. The van der Waals surface area contributed by atoms with E-state index < -0.39 is 6.03 Å². The van der Waals surface area contributed by atoms with Crippen LogP contribution in [-0.2, 0) is 6.54 Å². The predicted molar refractivity (Wildman–Crippen MR) is 129 cm³/mol. The van der Waals surface area contributed by atoms with E-state index in [1.807, 2.05) is 27.7 Å². The Hall–Kier alpha value is -3.62. The van der Waals surface area contributed by atoms with Crippen LogP contribution in [0.5, 0.6) is 17.2 Å². The molecular formula is C24H34N4O5. The molecule has 0 saturated heterocycles. The van der Waals surface area contributed by atoms with Gasteiger partial charge in [-0.05, 0) is 51.5 Å². The molecule has 3 amide bonds. The summed E-state index contributed by atoms with van der Waals surface area (Å²) in [5.74, 6) is 1.32. The maximum absolute atomic E-state index is 12.5. The molecule has 180 valence electrons. The van der Waals surface area contributed by atoms with Gasteiger partial charge in [-0.3, -0.25) is 4.79 Å². The summed E-state index contributed by atoms with van der Waals surface area (Å²) in [7, 11) is 0. The average molecular weight is 459 g/mol. The molecular weight excluding hydrogens is 424 g/mol. The van der Waals surface area contributed by atoms with E-state index in [-0.39, 0.29) is 12.5 Å². The van der Waals surface area contributed by atoms with Crippen molar-refractivity contribution in [3.63, 3.8) is 0 Å². The fraction of sp³-hybridized carbons (Fsp3) is 0.417. The van der Waals surface area contributed by atoms with Crippen LogP contribution in [0.4, 0.5) is 16.2 Å². The second kappa shape index (κ2) is 13.0. The van der Waals surface area contributed by atoms with Crippen molar-refractivity contribution in [3.05, 3.63) is 41.5 Å². The number of anilines is 2. The van der Waals surface area contributed by atoms with Gasteiger partial charge in [0, 0.05) is 30.4 Å². The Kier molecular flexibility index (Phi) is 10.1. The summed E-state index contributed by atoms with van der Waals surface area (Å²) in [6, 6.07) is 7.97. The molecule has 5 N–H and O–H groups in total. The molecule has 0 aliphatic rings. The van der Waals surface area contributed by atoms with Crippen LogP contribution in [0.3, 0.4) is 0 Å². The molecule has 9 nitrogen and oxygen atoms in total. The number of hydrogen-bond acceptors (Lipinski definition) is 6. The normalized spacial score (nSPS) is 10.3. The lowest BCUT2D eigenvalue weighted by Gasteiger charge is -2.16. The maximum atomic E-state index is 12.5. The lowest BCUT2D eigenvalue weighted by molar-refractivity contribution is 0.0950. The van der Waals surface area contributed by atoms with Gasteiger partial charge in [-0.15, -0.1) is 0 Å². The molecule has 9 heteroatoms. The SMILES string of the molecule is CCCNC(=O)c1cc(NC(=O)NCc2cc(OCC)c(N)cc2OCC)ccc1OCC. The third-order valence-corrected chi connectivity index (χ3v) is 4.55. The van der Waals surface area contributed by atoms with E-state index in [1.165, 1.54) is 0 Å². The fourth-order valence-corrected chi connectivity index (χ4v) is 3.08. The highest BCUT2D eigenvalue weighted by atomic mass is 16.5. The zero-order valence-electron chi connectivity index (χ0n) is 19.7. The molecule has 0 saturated carbocycles. The van der Waals surface area contributed by atoms with Gasteiger partial charge in [0.2, 0.25) is 0 Å². The van der Waals surface area contributed by atoms with E-state index in [1.54, 1.807) is 30.3 Å². The molecule has 0 bridgehead atoms. The number of hydrogen-bond donors (Lipinski definition) is 4. The van der Waals surface area contributed by atoms with Crippen LogP contribution in [0.2, 0.25) is 0 Å². The lowest BCUT2D eigenvalue weighted by atomic mass is 10.1. The third kappa shape index (κ3) is 7.48. The van der Waals surface area contributed by atoms with E-state index >= 15 is 0 Å². The zero-order chi connectivity index (χ0) is 24.2. The van der Waals surface area contributed by atoms with Gasteiger partial charge in [-0.25, -0.2) is 4.79 Å². The van der Waals surface area contributed by atoms with E-state index in [2.05, 4.69) is 16.0 Å². The van der Waals surface area contributed by atoms with Crippen molar-refractivity contribution in [2.24, 2.45) is 0 Å². The quantitative estimate of drug-likeness (QED) is 0.357. The molecule has 0 fully saturated rings. The number of nitrogen functional groups attached to an aromatic ring is 1. The minimum absolute atomic E-state index is 0.197. The number of nitrogens with two attached hydrogens (primary N) is 1. The van der Waals surface area contributed by atoms with E-state index in [9.17, 15) is 9.59 Å². The summed E-state index contributed by atoms with van der Waals surface area (Å²) >= 11 is 0. The minimum atomic E-state index is -0.434. The van der Waals surface area contributed by atoms with Crippen molar-refractivity contribution in [3.8, 4) is 17.2 Å². The van der Waals surface area contributed by atoms with Gasteiger partial charge in [0.15, 0.2) is 0 Å². The highest BCUT2D eigenvalue weighted by molar-refractivity contribution is 5.99. The second-order valence-electron chi connectivity index (χ2n) is 7.07. The second-order valence-corrected chi connectivity index (χ2v) is 7.07. The third-order valence-electron chi connectivity index (χ3n) is 4.55. The minimum Gasteiger partial charge on any atom is -0.493 e. The van der Waals surface area contributed by atoms with Gasteiger partial charge in [0.1, 0.15) is 17.2 Å². The number of rotatable bonds is 12. The molecule has 0 atom stereocenters. The summed E-state index contributed by atoms with van der Waals surface area (Å²) in [6.45, 7) is 9.66.